The number of nitrogens with two attached hydrogens (primary N) is 1. The molecule has 0 saturated carbocycles. The lowest BCUT2D eigenvalue weighted by atomic mass is 10.1. The largest absolute Gasteiger partial charge is 0.484 e. The van der Waals surface area contributed by atoms with E-state index in [1.54, 1.807) is 24.7 Å². The maximum atomic E-state index is 12.6. The van der Waals surface area contributed by atoms with Crippen molar-refractivity contribution >= 4 is 15.9 Å². The number of hydrogen-bond acceptors (Lipinski definition) is 6. The first-order valence-corrected chi connectivity index (χ1v) is 9.79. The van der Waals surface area contributed by atoms with E-state index in [9.17, 15) is 13.2 Å². The maximum absolute atomic E-state index is 12.6. The Hall–Kier alpha value is -3.30. The van der Waals surface area contributed by atoms with Crippen molar-refractivity contribution in [3.63, 3.8) is 0 Å². The lowest BCUT2D eigenvalue weighted by molar-refractivity contribution is -0.119. The van der Waals surface area contributed by atoms with Crippen LogP contribution in [0.2, 0.25) is 0 Å². The molecule has 0 aliphatic rings. The first kappa shape index (κ1) is 19.5. The summed E-state index contributed by atoms with van der Waals surface area (Å²) in [5.41, 5.74) is 7.28. The second kappa shape index (κ2) is 8.59. The molecule has 3 aromatic rings. The van der Waals surface area contributed by atoms with Crippen molar-refractivity contribution in [2.75, 3.05) is 6.61 Å². The summed E-state index contributed by atoms with van der Waals surface area (Å²) in [6.45, 7) is -0.198. The topological polar surface area (TPSA) is 124 Å². The lowest BCUT2D eigenvalue weighted by Crippen LogP contribution is -2.23. The third-order valence-electron chi connectivity index (χ3n) is 3.81. The number of sulfonamides is 1. The Balaban J connectivity index is 1.73. The quantitative estimate of drug-likeness (QED) is 0.592. The summed E-state index contributed by atoms with van der Waals surface area (Å²) in [6, 6.07) is 12.9. The fourth-order valence-electron chi connectivity index (χ4n) is 2.48. The third kappa shape index (κ3) is 4.90. The highest BCUT2D eigenvalue weighted by Gasteiger charge is 2.15. The standard InChI is InChI=1S/C19H18N4O4S/c20-18(24)13-27-16-3-5-17(6-4-16)28(25,26)23-12-15-2-1-9-22-19(15)14-7-10-21-11-8-14/h1-11,23H,12-13H2,(H2,20,24). The fraction of sp³-hybridized carbons (Fsp3) is 0.105. The van der Waals surface area contributed by atoms with E-state index in [-0.39, 0.29) is 18.0 Å². The Labute approximate surface area is 162 Å². The summed E-state index contributed by atoms with van der Waals surface area (Å²) in [5, 5.41) is 0. The van der Waals surface area contributed by atoms with E-state index < -0.39 is 15.9 Å². The van der Waals surface area contributed by atoms with Gasteiger partial charge in [-0.1, -0.05) is 6.07 Å². The van der Waals surface area contributed by atoms with Gasteiger partial charge in [0.25, 0.3) is 5.91 Å². The second-order valence-electron chi connectivity index (χ2n) is 5.80. The predicted octanol–water partition coefficient (Wildman–Crippen LogP) is 1.49. The average Bonchev–Trinajstić information content (AvgIpc) is 2.72. The number of hydrogen-bond donors (Lipinski definition) is 2. The van der Waals surface area contributed by atoms with Gasteiger partial charge in [-0.05, 0) is 48.0 Å². The van der Waals surface area contributed by atoms with Crippen LogP contribution in [0.5, 0.6) is 5.75 Å². The number of rotatable bonds is 8. The highest BCUT2D eigenvalue weighted by Crippen LogP contribution is 2.21. The van der Waals surface area contributed by atoms with E-state index >= 15 is 0 Å². The zero-order chi connectivity index (χ0) is 20.0. The predicted molar refractivity (Wildman–Crippen MR) is 103 cm³/mol. The van der Waals surface area contributed by atoms with E-state index in [4.69, 9.17) is 10.5 Å². The number of carbonyl (C=O) groups is 1. The van der Waals surface area contributed by atoms with E-state index in [2.05, 4.69) is 14.7 Å². The van der Waals surface area contributed by atoms with Crippen LogP contribution in [0.15, 0.2) is 72.0 Å². The van der Waals surface area contributed by atoms with Gasteiger partial charge < -0.3 is 10.5 Å². The van der Waals surface area contributed by atoms with E-state index in [1.165, 1.54) is 24.3 Å². The molecule has 3 rings (SSSR count). The molecule has 28 heavy (non-hydrogen) atoms. The molecule has 9 heteroatoms. The van der Waals surface area contributed by atoms with Crippen LogP contribution in [0.3, 0.4) is 0 Å². The number of amides is 1. The summed E-state index contributed by atoms with van der Waals surface area (Å²) in [6.07, 6.45) is 4.96. The maximum Gasteiger partial charge on any atom is 0.255 e. The number of ether oxygens (including phenoxy) is 1. The van der Waals surface area contributed by atoms with E-state index in [0.29, 0.717) is 11.4 Å². The molecular formula is C19H18N4O4S. The number of aromatic nitrogens is 2. The van der Waals surface area contributed by atoms with Crippen LogP contribution in [-0.2, 0) is 21.4 Å². The zero-order valence-electron chi connectivity index (χ0n) is 14.8. The molecule has 0 bridgehead atoms. The Bertz CT molecular complexity index is 1050. The smallest absolute Gasteiger partial charge is 0.255 e. The van der Waals surface area contributed by atoms with Crippen LogP contribution >= 0.6 is 0 Å². The van der Waals surface area contributed by atoms with Crippen LogP contribution < -0.4 is 15.2 Å². The number of pyridine rings is 2. The number of primary amides is 1. The van der Waals surface area contributed by atoms with Gasteiger partial charge in [-0.15, -0.1) is 0 Å². The van der Waals surface area contributed by atoms with Crippen LogP contribution in [0.1, 0.15) is 5.56 Å². The molecule has 0 saturated heterocycles. The monoisotopic (exact) mass is 398 g/mol. The number of nitrogens with zero attached hydrogens (tertiary/aromatic N) is 2. The normalized spacial score (nSPS) is 11.1. The van der Waals surface area contributed by atoms with Crippen LogP contribution in [-0.4, -0.2) is 30.9 Å². The third-order valence-corrected chi connectivity index (χ3v) is 5.23. The van der Waals surface area contributed by atoms with Gasteiger partial charge in [0.2, 0.25) is 10.0 Å². The highest BCUT2D eigenvalue weighted by molar-refractivity contribution is 7.89. The van der Waals surface area contributed by atoms with Crippen molar-refractivity contribution in [1.82, 2.24) is 14.7 Å². The Kier molecular flexibility index (Phi) is 5.97. The first-order chi connectivity index (χ1) is 13.5. The molecule has 1 amide bonds. The Morgan fingerprint density at radius 2 is 1.75 bits per heavy atom. The van der Waals surface area contributed by atoms with Crippen molar-refractivity contribution in [2.45, 2.75) is 11.4 Å². The van der Waals surface area contributed by atoms with Crippen molar-refractivity contribution in [3.8, 4) is 17.0 Å². The number of nitrogens with one attached hydrogen (secondary N) is 1. The minimum absolute atomic E-state index is 0.0771. The van der Waals surface area contributed by atoms with Gasteiger partial charge in [0.15, 0.2) is 6.61 Å². The summed E-state index contributed by atoms with van der Waals surface area (Å²) in [5.74, 6) is -0.259. The zero-order valence-corrected chi connectivity index (χ0v) is 15.6. The molecule has 0 aliphatic heterocycles. The van der Waals surface area contributed by atoms with Crippen LogP contribution in [0.25, 0.3) is 11.3 Å². The molecule has 0 aliphatic carbocycles. The average molecular weight is 398 g/mol. The molecule has 0 unspecified atom stereocenters. The van der Waals surface area contributed by atoms with E-state index in [0.717, 1.165) is 11.1 Å². The molecule has 0 radical (unpaired) electrons. The van der Waals surface area contributed by atoms with Gasteiger partial charge in [-0.25, -0.2) is 13.1 Å². The molecular weight excluding hydrogens is 380 g/mol. The molecule has 144 valence electrons. The summed E-state index contributed by atoms with van der Waals surface area (Å²) >= 11 is 0. The van der Waals surface area contributed by atoms with Gasteiger partial charge in [0.1, 0.15) is 5.75 Å². The van der Waals surface area contributed by atoms with Crippen LogP contribution in [0.4, 0.5) is 0 Å². The van der Waals surface area contributed by atoms with Gasteiger partial charge in [0, 0.05) is 30.7 Å². The van der Waals surface area contributed by atoms with Crippen LogP contribution in [0, 0.1) is 0 Å². The van der Waals surface area contributed by atoms with Crippen molar-refractivity contribution < 1.29 is 17.9 Å². The van der Waals surface area contributed by atoms with Gasteiger partial charge in [-0.2, -0.15) is 0 Å². The van der Waals surface area contributed by atoms with Gasteiger partial charge in [-0.3, -0.25) is 14.8 Å². The number of benzene rings is 1. The van der Waals surface area contributed by atoms with Crippen molar-refractivity contribution in [1.29, 1.82) is 0 Å². The molecule has 0 fully saturated rings. The molecule has 0 atom stereocenters. The minimum Gasteiger partial charge on any atom is -0.484 e. The number of carbonyl (C=O) groups excluding carboxylic acids is 1. The molecule has 3 N–H and O–H groups in total. The van der Waals surface area contributed by atoms with Gasteiger partial charge in [0.05, 0.1) is 10.6 Å². The fourth-order valence-corrected chi connectivity index (χ4v) is 3.48. The molecule has 2 heterocycles. The Morgan fingerprint density at radius 3 is 2.43 bits per heavy atom. The Morgan fingerprint density at radius 1 is 1.04 bits per heavy atom. The molecule has 1 aromatic carbocycles. The molecule has 2 aromatic heterocycles. The summed E-state index contributed by atoms with van der Waals surface area (Å²) < 4.78 is 32.8. The highest BCUT2D eigenvalue weighted by atomic mass is 32.2. The summed E-state index contributed by atoms with van der Waals surface area (Å²) in [4.78, 5) is 19.1. The van der Waals surface area contributed by atoms with Crippen molar-refractivity contribution in [3.05, 3.63) is 72.7 Å². The van der Waals surface area contributed by atoms with Crippen molar-refractivity contribution in [2.24, 2.45) is 5.73 Å². The first-order valence-electron chi connectivity index (χ1n) is 8.31. The molecule has 0 spiro atoms. The van der Waals surface area contributed by atoms with Gasteiger partial charge >= 0.3 is 0 Å². The lowest BCUT2D eigenvalue weighted by Gasteiger charge is -2.11. The minimum atomic E-state index is -3.74. The summed E-state index contributed by atoms with van der Waals surface area (Å²) in [7, 11) is -3.74. The second-order valence-corrected chi connectivity index (χ2v) is 7.56. The van der Waals surface area contributed by atoms with E-state index in [1.807, 2.05) is 18.2 Å². The molecule has 8 nitrogen and oxygen atoms in total. The SMILES string of the molecule is NC(=O)COc1ccc(S(=O)(=O)NCc2cccnc2-c2ccncc2)cc1.